The quantitative estimate of drug-likeness (QED) is 0.589. The highest BCUT2D eigenvalue weighted by atomic mass is 16.2. The van der Waals surface area contributed by atoms with E-state index in [2.05, 4.69) is 37.4 Å². The Kier molecular flexibility index (Phi) is 3.67. The molecule has 8 nitrogen and oxygen atoms in total. The van der Waals surface area contributed by atoms with Crippen LogP contribution in [0.2, 0.25) is 0 Å². The maximum Gasteiger partial charge on any atom is 0.293 e. The predicted octanol–water partition coefficient (Wildman–Crippen LogP) is 1.76. The van der Waals surface area contributed by atoms with Crippen molar-refractivity contribution in [1.29, 1.82) is 0 Å². The summed E-state index contributed by atoms with van der Waals surface area (Å²) < 4.78 is 1.52. The normalized spacial score (nSPS) is 14.1. The number of hydrogen-bond donors (Lipinski definition) is 1. The number of carbonyl (C=O) groups excluding carboxylic acids is 1. The van der Waals surface area contributed by atoms with E-state index >= 15 is 0 Å². The van der Waals surface area contributed by atoms with Crippen molar-refractivity contribution in [3.63, 3.8) is 0 Å². The molecule has 1 aromatic carbocycles. The molecular weight excluding hydrogens is 342 g/mol. The molecule has 8 heteroatoms. The Bertz CT molecular complexity index is 1080. The van der Waals surface area contributed by atoms with Gasteiger partial charge in [0.1, 0.15) is 0 Å². The average Bonchev–Trinajstić information content (AvgIpc) is 3.27. The number of benzene rings is 1. The molecular formula is C19H17N7O. The molecule has 0 spiro atoms. The first kappa shape index (κ1) is 15.7. The van der Waals surface area contributed by atoms with Crippen LogP contribution >= 0.6 is 0 Å². The summed E-state index contributed by atoms with van der Waals surface area (Å²) >= 11 is 0. The topological polar surface area (TPSA) is 92.1 Å². The third kappa shape index (κ3) is 2.75. The summed E-state index contributed by atoms with van der Waals surface area (Å²) in [6.07, 6.45) is 4.84. The number of aromatic nitrogens is 6. The van der Waals surface area contributed by atoms with Gasteiger partial charge in [0, 0.05) is 48.7 Å². The molecule has 3 aromatic heterocycles. The van der Waals surface area contributed by atoms with Crippen molar-refractivity contribution in [2.45, 2.75) is 12.8 Å². The SMILES string of the molecule is O=C(c1nc2ncccn2n1)N1CCc2[nH]nc(-c3ccccc3)c2CC1. The Balaban J connectivity index is 1.40. The van der Waals surface area contributed by atoms with E-state index < -0.39 is 0 Å². The lowest BCUT2D eigenvalue weighted by Crippen LogP contribution is -2.34. The maximum atomic E-state index is 12.9. The number of nitrogens with zero attached hydrogens (tertiary/aromatic N) is 6. The number of fused-ring (bicyclic) bond motifs is 2. The van der Waals surface area contributed by atoms with E-state index in [1.54, 1.807) is 23.4 Å². The molecule has 5 rings (SSSR count). The van der Waals surface area contributed by atoms with Crippen molar-refractivity contribution < 1.29 is 4.79 Å². The van der Waals surface area contributed by atoms with Crippen LogP contribution < -0.4 is 0 Å². The van der Waals surface area contributed by atoms with E-state index in [1.807, 2.05) is 18.2 Å². The summed E-state index contributed by atoms with van der Waals surface area (Å²) in [4.78, 5) is 23.1. The fourth-order valence-electron chi connectivity index (χ4n) is 3.49. The van der Waals surface area contributed by atoms with Crippen molar-refractivity contribution in [3.05, 3.63) is 65.9 Å². The standard InChI is InChI=1S/C19H17N7O/c27-18(17-21-19-20-9-4-10-26(19)24-17)25-11-7-14-15(8-12-25)22-23-16(14)13-5-2-1-3-6-13/h1-6,9-10H,7-8,11-12H2,(H,22,23). The molecule has 0 radical (unpaired) electrons. The van der Waals surface area contributed by atoms with E-state index in [0.717, 1.165) is 29.8 Å². The Hall–Kier alpha value is -3.55. The molecule has 134 valence electrons. The maximum absolute atomic E-state index is 12.9. The zero-order chi connectivity index (χ0) is 18.2. The van der Waals surface area contributed by atoms with Crippen LogP contribution in [0.4, 0.5) is 0 Å². The lowest BCUT2D eigenvalue weighted by atomic mass is 10.0. The molecule has 0 aliphatic carbocycles. The molecule has 0 bridgehead atoms. The number of aromatic amines is 1. The third-order valence-corrected chi connectivity index (χ3v) is 4.86. The van der Waals surface area contributed by atoms with Crippen molar-refractivity contribution in [2.24, 2.45) is 0 Å². The van der Waals surface area contributed by atoms with E-state index in [-0.39, 0.29) is 11.7 Å². The summed E-state index contributed by atoms with van der Waals surface area (Å²) in [5, 5.41) is 11.9. The number of carbonyl (C=O) groups is 1. The summed E-state index contributed by atoms with van der Waals surface area (Å²) in [5.74, 6) is 0.442. The van der Waals surface area contributed by atoms with Crippen LogP contribution in [0.25, 0.3) is 17.0 Å². The lowest BCUT2D eigenvalue weighted by Gasteiger charge is -2.18. The Morgan fingerprint density at radius 3 is 2.78 bits per heavy atom. The summed E-state index contributed by atoms with van der Waals surface area (Å²) in [5.41, 5.74) is 4.33. The van der Waals surface area contributed by atoms with E-state index in [9.17, 15) is 4.79 Å². The smallest absolute Gasteiger partial charge is 0.293 e. The monoisotopic (exact) mass is 359 g/mol. The first-order valence-corrected chi connectivity index (χ1v) is 8.88. The van der Waals surface area contributed by atoms with Gasteiger partial charge in [0.05, 0.1) is 5.69 Å². The van der Waals surface area contributed by atoms with Gasteiger partial charge in [-0.25, -0.2) is 9.50 Å². The van der Waals surface area contributed by atoms with Crippen molar-refractivity contribution in [1.82, 2.24) is 34.7 Å². The molecule has 1 aliphatic rings. The molecule has 27 heavy (non-hydrogen) atoms. The van der Waals surface area contributed by atoms with Gasteiger partial charge in [-0.2, -0.15) is 10.1 Å². The molecule has 1 amide bonds. The molecule has 0 saturated heterocycles. The number of nitrogens with one attached hydrogen (secondary N) is 1. The summed E-state index contributed by atoms with van der Waals surface area (Å²) in [7, 11) is 0. The molecule has 0 atom stereocenters. The van der Waals surface area contributed by atoms with Crippen LogP contribution in [0, 0.1) is 0 Å². The second-order valence-corrected chi connectivity index (χ2v) is 6.49. The van der Waals surface area contributed by atoms with Gasteiger partial charge in [-0.1, -0.05) is 30.3 Å². The van der Waals surface area contributed by atoms with Crippen molar-refractivity contribution in [2.75, 3.05) is 13.1 Å². The van der Waals surface area contributed by atoms with Crippen LogP contribution in [-0.2, 0) is 12.8 Å². The minimum atomic E-state index is -0.167. The fourth-order valence-corrected chi connectivity index (χ4v) is 3.49. The summed E-state index contributed by atoms with van der Waals surface area (Å²) in [6, 6.07) is 11.9. The average molecular weight is 359 g/mol. The molecule has 4 aromatic rings. The van der Waals surface area contributed by atoms with Crippen LogP contribution in [-0.4, -0.2) is 53.7 Å². The van der Waals surface area contributed by atoms with Crippen molar-refractivity contribution in [3.8, 4) is 11.3 Å². The number of H-pyrrole nitrogens is 1. The van der Waals surface area contributed by atoms with Gasteiger partial charge in [-0.05, 0) is 12.5 Å². The van der Waals surface area contributed by atoms with E-state index in [4.69, 9.17) is 0 Å². The molecule has 4 heterocycles. The van der Waals surface area contributed by atoms with E-state index in [1.165, 1.54) is 10.1 Å². The van der Waals surface area contributed by atoms with Gasteiger partial charge in [-0.15, -0.1) is 5.10 Å². The minimum absolute atomic E-state index is 0.167. The van der Waals surface area contributed by atoms with Crippen LogP contribution in [0.5, 0.6) is 0 Å². The highest BCUT2D eigenvalue weighted by molar-refractivity contribution is 5.91. The predicted molar refractivity (Wildman–Crippen MR) is 98.1 cm³/mol. The molecule has 0 fully saturated rings. The largest absolute Gasteiger partial charge is 0.335 e. The molecule has 1 N–H and O–H groups in total. The zero-order valence-electron chi connectivity index (χ0n) is 14.5. The van der Waals surface area contributed by atoms with Gasteiger partial charge in [0.2, 0.25) is 5.82 Å². The van der Waals surface area contributed by atoms with Gasteiger partial charge in [0.25, 0.3) is 11.7 Å². The Morgan fingerprint density at radius 1 is 1.07 bits per heavy atom. The van der Waals surface area contributed by atoms with Gasteiger partial charge < -0.3 is 4.90 Å². The second-order valence-electron chi connectivity index (χ2n) is 6.49. The minimum Gasteiger partial charge on any atom is -0.335 e. The van der Waals surface area contributed by atoms with Gasteiger partial charge in [-0.3, -0.25) is 9.89 Å². The number of rotatable bonds is 2. The number of hydrogen-bond acceptors (Lipinski definition) is 5. The van der Waals surface area contributed by atoms with E-state index in [0.29, 0.717) is 18.9 Å². The third-order valence-electron chi connectivity index (χ3n) is 4.86. The highest BCUT2D eigenvalue weighted by Crippen LogP contribution is 2.26. The highest BCUT2D eigenvalue weighted by Gasteiger charge is 2.26. The lowest BCUT2D eigenvalue weighted by molar-refractivity contribution is 0.0751. The van der Waals surface area contributed by atoms with Crippen LogP contribution in [0.1, 0.15) is 21.9 Å². The first-order chi connectivity index (χ1) is 13.3. The van der Waals surface area contributed by atoms with Gasteiger partial charge >= 0.3 is 0 Å². The Morgan fingerprint density at radius 2 is 1.93 bits per heavy atom. The van der Waals surface area contributed by atoms with Gasteiger partial charge in [0.15, 0.2) is 0 Å². The zero-order valence-corrected chi connectivity index (χ0v) is 14.5. The fraction of sp³-hybridized carbons (Fsp3) is 0.211. The van der Waals surface area contributed by atoms with Crippen LogP contribution in [0.3, 0.4) is 0 Å². The molecule has 0 unspecified atom stereocenters. The molecule has 0 saturated carbocycles. The molecule has 1 aliphatic heterocycles. The van der Waals surface area contributed by atoms with Crippen molar-refractivity contribution >= 4 is 11.7 Å². The second kappa shape index (κ2) is 6.31. The summed E-state index contributed by atoms with van der Waals surface area (Å²) in [6.45, 7) is 1.21. The first-order valence-electron chi connectivity index (χ1n) is 8.88. The Labute approximate surface area is 154 Å². The van der Waals surface area contributed by atoms with Crippen LogP contribution in [0.15, 0.2) is 48.8 Å². The number of amides is 1.